The zero-order chi connectivity index (χ0) is 11.4. The second-order valence-corrected chi connectivity index (χ2v) is 4.26. The first kappa shape index (κ1) is 12.0. The van der Waals surface area contributed by atoms with Crippen LogP contribution in [0.25, 0.3) is 0 Å². The molecule has 15 heavy (non-hydrogen) atoms. The van der Waals surface area contributed by atoms with Gasteiger partial charge in [-0.15, -0.1) is 0 Å². The van der Waals surface area contributed by atoms with E-state index < -0.39 is 0 Å². The lowest BCUT2D eigenvalue weighted by atomic mass is 9.97. The van der Waals surface area contributed by atoms with Crippen molar-refractivity contribution >= 4 is 22.2 Å². The van der Waals surface area contributed by atoms with Crippen LogP contribution in [0.15, 0.2) is 16.6 Å². The fraction of sp³-hybridized carbons (Fsp3) is 0.364. The maximum Gasteiger partial charge on any atom is 0.161 e. The van der Waals surface area contributed by atoms with Crippen LogP contribution >= 0.6 is 15.9 Å². The molecule has 1 aromatic carbocycles. The maximum atomic E-state index is 10.4. The molecule has 0 bridgehead atoms. The van der Waals surface area contributed by atoms with Crippen LogP contribution in [0.1, 0.15) is 24.8 Å². The van der Waals surface area contributed by atoms with Crippen LogP contribution in [0, 0.1) is 0 Å². The number of aromatic hydroxyl groups is 1. The van der Waals surface area contributed by atoms with Gasteiger partial charge in [-0.1, -0.05) is 22.9 Å². The Hall–Kier alpha value is -1.03. The van der Waals surface area contributed by atoms with Gasteiger partial charge in [0.25, 0.3) is 0 Å². The number of hydrogen-bond acceptors (Lipinski definition) is 3. The summed E-state index contributed by atoms with van der Waals surface area (Å²) in [6.45, 7) is 1.88. The molecule has 0 heterocycles. The van der Waals surface area contributed by atoms with Crippen molar-refractivity contribution < 1.29 is 14.6 Å². The first-order valence-electron chi connectivity index (χ1n) is 4.60. The van der Waals surface area contributed by atoms with Gasteiger partial charge < -0.3 is 14.6 Å². The normalized spacial score (nSPS) is 12.2. The molecule has 1 atom stereocenters. The van der Waals surface area contributed by atoms with E-state index in [1.54, 1.807) is 12.1 Å². The minimum atomic E-state index is -0.0195. The lowest BCUT2D eigenvalue weighted by Crippen LogP contribution is -1.97. The first-order chi connectivity index (χ1) is 7.10. The molecule has 0 fully saturated rings. The zero-order valence-electron chi connectivity index (χ0n) is 8.66. The van der Waals surface area contributed by atoms with Crippen LogP contribution in [-0.2, 0) is 4.79 Å². The number of halogens is 1. The van der Waals surface area contributed by atoms with Gasteiger partial charge in [0, 0.05) is 16.5 Å². The minimum Gasteiger partial charge on any atom is -0.504 e. The molecule has 0 aromatic heterocycles. The minimum absolute atomic E-state index is 0.0195. The van der Waals surface area contributed by atoms with Crippen LogP contribution in [0.3, 0.4) is 0 Å². The number of hydrogen-bond donors (Lipinski definition) is 1. The molecule has 1 rings (SSSR count). The molecule has 0 spiro atoms. The molecule has 1 aromatic rings. The smallest absolute Gasteiger partial charge is 0.161 e. The molecule has 0 saturated carbocycles. The monoisotopic (exact) mass is 272 g/mol. The fourth-order valence-corrected chi connectivity index (χ4v) is 1.85. The largest absolute Gasteiger partial charge is 0.504 e. The third-order valence-electron chi connectivity index (χ3n) is 2.27. The van der Waals surface area contributed by atoms with E-state index in [2.05, 4.69) is 15.9 Å². The molecule has 0 radical (unpaired) electrons. The average molecular weight is 273 g/mol. The topological polar surface area (TPSA) is 46.5 Å². The molecular formula is C11H13BrO3. The molecule has 0 amide bonds. The Morgan fingerprint density at radius 1 is 1.60 bits per heavy atom. The maximum absolute atomic E-state index is 10.4. The number of phenolic OH excluding ortho intramolecular Hbond substituents is 1. The summed E-state index contributed by atoms with van der Waals surface area (Å²) in [5, 5.41) is 9.85. The quantitative estimate of drug-likeness (QED) is 0.858. The molecule has 82 valence electrons. The van der Waals surface area contributed by atoms with Crippen molar-refractivity contribution in [3.63, 3.8) is 0 Å². The number of phenols is 1. The Kier molecular flexibility index (Phi) is 4.15. The van der Waals surface area contributed by atoms with E-state index in [1.165, 1.54) is 7.11 Å². The van der Waals surface area contributed by atoms with E-state index in [9.17, 15) is 9.90 Å². The molecule has 0 aliphatic heterocycles. The molecule has 0 saturated heterocycles. The van der Waals surface area contributed by atoms with Crippen molar-refractivity contribution in [1.82, 2.24) is 0 Å². The molecule has 3 nitrogen and oxygen atoms in total. The van der Waals surface area contributed by atoms with E-state index in [-0.39, 0.29) is 11.7 Å². The van der Waals surface area contributed by atoms with Crippen molar-refractivity contribution in [2.24, 2.45) is 0 Å². The van der Waals surface area contributed by atoms with E-state index in [4.69, 9.17) is 4.74 Å². The first-order valence-corrected chi connectivity index (χ1v) is 5.39. The lowest BCUT2D eigenvalue weighted by molar-refractivity contribution is -0.108. The molecule has 0 aliphatic rings. The highest BCUT2D eigenvalue weighted by Crippen LogP contribution is 2.38. The Morgan fingerprint density at radius 2 is 2.27 bits per heavy atom. The van der Waals surface area contributed by atoms with Gasteiger partial charge in [0.1, 0.15) is 6.29 Å². The molecule has 1 unspecified atom stereocenters. The van der Waals surface area contributed by atoms with Crippen LogP contribution in [-0.4, -0.2) is 18.5 Å². The molecule has 0 aliphatic carbocycles. The van der Waals surface area contributed by atoms with Gasteiger partial charge in [-0.2, -0.15) is 0 Å². The summed E-state index contributed by atoms with van der Waals surface area (Å²) < 4.78 is 5.85. The second kappa shape index (κ2) is 5.16. The highest BCUT2D eigenvalue weighted by Gasteiger charge is 2.15. The predicted molar refractivity (Wildman–Crippen MR) is 61.5 cm³/mol. The van der Waals surface area contributed by atoms with Crippen LogP contribution in [0.2, 0.25) is 0 Å². The third kappa shape index (κ3) is 2.72. The van der Waals surface area contributed by atoms with E-state index in [0.717, 1.165) is 10.8 Å². The fourth-order valence-electron chi connectivity index (χ4n) is 1.40. The number of aldehydes is 1. The van der Waals surface area contributed by atoms with E-state index in [0.29, 0.717) is 17.7 Å². The second-order valence-electron chi connectivity index (χ2n) is 3.35. The summed E-state index contributed by atoms with van der Waals surface area (Å²) in [6.07, 6.45) is 1.23. The van der Waals surface area contributed by atoms with Crippen molar-refractivity contribution in [2.75, 3.05) is 7.11 Å². The number of ether oxygens (including phenoxy) is 1. The Bertz CT molecular complexity index is 363. The van der Waals surface area contributed by atoms with E-state index >= 15 is 0 Å². The molecule has 1 N–H and O–H groups in total. The summed E-state index contributed by atoms with van der Waals surface area (Å²) in [5.74, 6) is 0.501. The zero-order valence-corrected chi connectivity index (χ0v) is 10.2. The summed E-state index contributed by atoms with van der Waals surface area (Å²) in [5.41, 5.74) is 0.716. The van der Waals surface area contributed by atoms with Gasteiger partial charge >= 0.3 is 0 Å². The van der Waals surface area contributed by atoms with Crippen molar-refractivity contribution in [3.05, 3.63) is 22.2 Å². The average Bonchev–Trinajstić information content (AvgIpc) is 2.21. The Labute approximate surface area is 97.2 Å². The highest BCUT2D eigenvalue weighted by molar-refractivity contribution is 9.10. The van der Waals surface area contributed by atoms with E-state index in [1.807, 2.05) is 6.92 Å². The predicted octanol–water partition coefficient (Wildman–Crippen LogP) is 2.86. The third-order valence-corrected chi connectivity index (χ3v) is 2.73. The van der Waals surface area contributed by atoms with Gasteiger partial charge in [0.05, 0.1) is 7.11 Å². The van der Waals surface area contributed by atoms with Gasteiger partial charge in [0.2, 0.25) is 0 Å². The Morgan fingerprint density at radius 3 is 2.80 bits per heavy atom. The summed E-state index contributed by atoms with van der Waals surface area (Å²) in [4.78, 5) is 10.4. The highest BCUT2D eigenvalue weighted by atomic mass is 79.9. The van der Waals surface area contributed by atoms with Gasteiger partial charge in [0.15, 0.2) is 11.5 Å². The van der Waals surface area contributed by atoms with Crippen molar-refractivity contribution in [3.8, 4) is 11.5 Å². The lowest BCUT2D eigenvalue weighted by Gasteiger charge is -2.14. The van der Waals surface area contributed by atoms with Gasteiger partial charge in [-0.25, -0.2) is 0 Å². The standard InChI is InChI=1S/C11H13BrO3/c1-7(3-4-13)9-5-8(12)6-10(15-2)11(9)14/h4-7,14H,3H2,1-2H3. The molecule has 4 heteroatoms. The number of benzene rings is 1. The van der Waals surface area contributed by atoms with Crippen LogP contribution < -0.4 is 4.74 Å². The number of methoxy groups -OCH3 is 1. The summed E-state index contributed by atoms with van der Waals surface area (Å²) >= 11 is 3.33. The van der Waals surface area contributed by atoms with Crippen LogP contribution in [0.4, 0.5) is 0 Å². The number of carbonyl (C=O) groups excluding carboxylic acids is 1. The SMILES string of the molecule is COc1cc(Br)cc(C(C)CC=O)c1O. The van der Waals surface area contributed by atoms with Crippen molar-refractivity contribution in [2.45, 2.75) is 19.3 Å². The number of carbonyl (C=O) groups is 1. The van der Waals surface area contributed by atoms with Crippen LogP contribution in [0.5, 0.6) is 11.5 Å². The Balaban J connectivity index is 3.16. The summed E-state index contributed by atoms with van der Waals surface area (Å²) in [6, 6.07) is 3.48. The number of rotatable bonds is 4. The summed E-state index contributed by atoms with van der Waals surface area (Å²) in [7, 11) is 1.50. The van der Waals surface area contributed by atoms with Gasteiger partial charge in [-0.3, -0.25) is 0 Å². The van der Waals surface area contributed by atoms with Crippen molar-refractivity contribution in [1.29, 1.82) is 0 Å². The van der Waals surface area contributed by atoms with Gasteiger partial charge in [-0.05, 0) is 18.1 Å². The molecular weight excluding hydrogens is 260 g/mol.